The van der Waals surface area contributed by atoms with E-state index in [1.54, 1.807) is 0 Å². The van der Waals surface area contributed by atoms with Crippen molar-refractivity contribution in [2.45, 2.75) is 71.1 Å². The Kier molecular flexibility index (Phi) is 22.0. The maximum Gasteiger partial charge on any atom is 1.00 e. The van der Waals surface area contributed by atoms with Crippen LogP contribution in [-0.4, -0.2) is 38.7 Å². The summed E-state index contributed by atoms with van der Waals surface area (Å²) in [6.07, 6.45) is 12.9. The summed E-state index contributed by atoms with van der Waals surface area (Å²) < 4.78 is 40.7. The van der Waals surface area contributed by atoms with Crippen LogP contribution in [0.15, 0.2) is 0 Å². The minimum atomic E-state index is -4.27. The fraction of sp³-hybridized carbons (Fsp3) is 1.00. The quantitative estimate of drug-likeness (QED) is 0.226. The van der Waals surface area contributed by atoms with Gasteiger partial charge in [0.25, 0.3) is 0 Å². The van der Waals surface area contributed by atoms with E-state index in [0.717, 1.165) is 6.42 Å². The maximum atomic E-state index is 10.2. The molecule has 0 spiro atoms. The minimum absolute atomic E-state index is 0. The normalized spacial score (nSPS) is 11.4. The van der Waals surface area contributed by atoms with Gasteiger partial charge < -0.3 is 14.0 Å². The molecule has 22 heavy (non-hydrogen) atoms. The molecule has 0 amide bonds. The smallest absolute Gasteiger partial charge is 0.746 e. The van der Waals surface area contributed by atoms with E-state index in [9.17, 15) is 13.0 Å². The Morgan fingerprint density at radius 2 is 1.18 bits per heavy atom. The molecule has 0 saturated carbocycles. The molecule has 0 unspecified atom stereocenters. The first-order chi connectivity index (χ1) is 10.1. The number of hydrogen-bond acceptors (Lipinski definition) is 5. The molecule has 0 rings (SSSR count). The number of rotatable bonds is 16. The molecule has 0 aliphatic heterocycles. The van der Waals surface area contributed by atoms with Crippen LogP contribution in [0.2, 0.25) is 0 Å². The molecule has 0 bridgehead atoms. The van der Waals surface area contributed by atoms with Crippen LogP contribution in [0.5, 0.6) is 0 Å². The predicted molar refractivity (Wildman–Crippen MR) is 83.2 cm³/mol. The van der Waals surface area contributed by atoms with E-state index in [4.69, 9.17) is 4.74 Å². The summed E-state index contributed by atoms with van der Waals surface area (Å²) in [5, 5.41) is 0. The second-order valence-electron chi connectivity index (χ2n) is 5.38. The third-order valence-corrected chi connectivity index (χ3v) is 3.70. The SMILES string of the molecule is CCCCCCCCCCCCOCCOCS(=O)(=O)[O-].[K+]. The first-order valence-corrected chi connectivity index (χ1v) is 9.73. The zero-order valence-electron chi connectivity index (χ0n) is 14.3. The van der Waals surface area contributed by atoms with Crippen molar-refractivity contribution in [1.29, 1.82) is 0 Å². The van der Waals surface area contributed by atoms with Gasteiger partial charge in [-0.3, -0.25) is 0 Å². The maximum absolute atomic E-state index is 10.2. The van der Waals surface area contributed by atoms with E-state index in [0.29, 0.717) is 13.2 Å². The molecule has 0 aromatic rings. The Morgan fingerprint density at radius 1 is 0.727 bits per heavy atom. The summed E-state index contributed by atoms with van der Waals surface area (Å²) in [6, 6.07) is 0. The zero-order chi connectivity index (χ0) is 15.8. The van der Waals surface area contributed by atoms with Crippen LogP contribution in [-0.2, 0) is 19.6 Å². The fourth-order valence-electron chi connectivity index (χ4n) is 2.07. The number of ether oxygens (including phenoxy) is 2. The van der Waals surface area contributed by atoms with Crippen LogP contribution in [0.1, 0.15) is 71.1 Å². The van der Waals surface area contributed by atoms with E-state index >= 15 is 0 Å². The monoisotopic (exact) mass is 362 g/mol. The van der Waals surface area contributed by atoms with Gasteiger partial charge in [0.05, 0.1) is 13.2 Å². The van der Waals surface area contributed by atoms with Gasteiger partial charge in [-0.05, 0) is 6.42 Å². The predicted octanol–water partition coefficient (Wildman–Crippen LogP) is 0.447. The standard InChI is InChI=1S/C15H32O5S.K/c1-2-3-4-5-6-7-8-9-10-11-12-19-13-14-20-15-21(16,17)18;/h2-15H2,1H3,(H,16,17,18);/q;+1/p-1. The molecule has 0 heterocycles. The van der Waals surface area contributed by atoms with Gasteiger partial charge in [-0.2, -0.15) is 0 Å². The largest absolute Gasteiger partial charge is 1.00 e. The second-order valence-corrected chi connectivity index (χ2v) is 6.73. The van der Waals surface area contributed by atoms with Crippen LogP contribution in [0, 0.1) is 0 Å². The van der Waals surface area contributed by atoms with Gasteiger partial charge in [-0.15, -0.1) is 0 Å². The molecule has 0 N–H and O–H groups in total. The summed E-state index contributed by atoms with van der Waals surface area (Å²) >= 11 is 0. The van der Waals surface area contributed by atoms with Crippen LogP contribution in [0.4, 0.5) is 0 Å². The Balaban J connectivity index is 0. The molecule has 0 saturated heterocycles. The van der Waals surface area contributed by atoms with Crippen molar-refractivity contribution >= 4 is 10.1 Å². The van der Waals surface area contributed by atoms with Crippen molar-refractivity contribution in [3.05, 3.63) is 0 Å². The molecule has 7 heteroatoms. The van der Waals surface area contributed by atoms with Crippen LogP contribution >= 0.6 is 0 Å². The summed E-state index contributed by atoms with van der Waals surface area (Å²) in [6.45, 7) is 3.40. The van der Waals surface area contributed by atoms with Crippen molar-refractivity contribution in [2.24, 2.45) is 0 Å². The molecule has 5 nitrogen and oxygen atoms in total. The van der Waals surface area contributed by atoms with Gasteiger partial charge in [-0.25, -0.2) is 8.42 Å². The third kappa shape index (κ3) is 23.7. The second kappa shape index (κ2) is 18.8. The number of unbranched alkanes of at least 4 members (excludes halogenated alkanes) is 9. The van der Waals surface area contributed by atoms with E-state index < -0.39 is 16.1 Å². The van der Waals surface area contributed by atoms with E-state index in [1.165, 1.54) is 57.8 Å². The fourth-order valence-corrected chi connectivity index (χ4v) is 2.39. The molecular formula is C15H31KO5S. The Labute approximate surface area is 179 Å². The van der Waals surface area contributed by atoms with Gasteiger partial charge in [0.1, 0.15) is 16.1 Å². The minimum Gasteiger partial charge on any atom is -0.746 e. The summed E-state index contributed by atoms with van der Waals surface area (Å²) in [5.74, 6) is -0.769. The Bertz CT molecular complexity index is 309. The Morgan fingerprint density at radius 3 is 1.68 bits per heavy atom. The summed E-state index contributed by atoms with van der Waals surface area (Å²) in [4.78, 5) is 0. The van der Waals surface area contributed by atoms with Crippen molar-refractivity contribution in [2.75, 3.05) is 25.8 Å². The van der Waals surface area contributed by atoms with Gasteiger partial charge >= 0.3 is 51.4 Å². The van der Waals surface area contributed by atoms with Crippen LogP contribution < -0.4 is 51.4 Å². The van der Waals surface area contributed by atoms with Crippen molar-refractivity contribution in [3.63, 3.8) is 0 Å². The van der Waals surface area contributed by atoms with E-state index in [-0.39, 0.29) is 58.0 Å². The molecule has 0 aliphatic carbocycles. The molecule has 0 radical (unpaired) electrons. The molecule has 0 atom stereocenters. The number of hydrogen-bond donors (Lipinski definition) is 0. The Hall–Kier alpha value is 1.47. The van der Waals surface area contributed by atoms with Crippen LogP contribution in [0.3, 0.4) is 0 Å². The molecule has 0 aliphatic rings. The molecule has 0 fully saturated rings. The molecular weight excluding hydrogens is 331 g/mol. The van der Waals surface area contributed by atoms with Crippen molar-refractivity contribution < 1.29 is 73.8 Å². The molecule has 0 aromatic carbocycles. The first-order valence-electron chi connectivity index (χ1n) is 8.15. The van der Waals surface area contributed by atoms with E-state index in [1.807, 2.05) is 0 Å². The molecule has 0 aromatic heterocycles. The van der Waals surface area contributed by atoms with Crippen LogP contribution in [0.25, 0.3) is 0 Å². The zero-order valence-corrected chi connectivity index (χ0v) is 18.3. The van der Waals surface area contributed by atoms with Gasteiger partial charge in [0, 0.05) is 6.61 Å². The van der Waals surface area contributed by atoms with Crippen molar-refractivity contribution in [1.82, 2.24) is 0 Å². The van der Waals surface area contributed by atoms with E-state index in [2.05, 4.69) is 11.7 Å². The van der Waals surface area contributed by atoms with Gasteiger partial charge in [-0.1, -0.05) is 64.7 Å². The topological polar surface area (TPSA) is 75.7 Å². The van der Waals surface area contributed by atoms with Crippen molar-refractivity contribution in [3.8, 4) is 0 Å². The molecule has 128 valence electrons. The summed E-state index contributed by atoms with van der Waals surface area (Å²) in [7, 11) is -4.27. The average Bonchev–Trinajstić information content (AvgIpc) is 2.42. The first kappa shape index (κ1) is 25.7. The third-order valence-electron chi connectivity index (χ3n) is 3.24. The summed E-state index contributed by atoms with van der Waals surface area (Å²) in [5.41, 5.74) is 0. The van der Waals surface area contributed by atoms with Gasteiger partial charge in [0.2, 0.25) is 0 Å². The van der Waals surface area contributed by atoms with Gasteiger partial charge in [0.15, 0.2) is 0 Å². The average molecular weight is 363 g/mol.